The van der Waals surface area contributed by atoms with Crippen molar-refractivity contribution in [2.45, 2.75) is 13.8 Å². The summed E-state index contributed by atoms with van der Waals surface area (Å²) in [5.41, 5.74) is 3.10. The van der Waals surface area contributed by atoms with Crippen molar-refractivity contribution < 1.29 is 9.53 Å². The Balaban J connectivity index is 1.82. The Kier molecular flexibility index (Phi) is 5.07. The third-order valence-electron chi connectivity index (χ3n) is 3.74. The van der Waals surface area contributed by atoms with Crippen LogP contribution in [0.1, 0.15) is 23.0 Å². The lowest BCUT2D eigenvalue weighted by Crippen LogP contribution is -1.99. The number of pyridine rings is 1. The van der Waals surface area contributed by atoms with Gasteiger partial charge in [0.15, 0.2) is 5.78 Å². The van der Waals surface area contributed by atoms with Crippen molar-refractivity contribution in [1.29, 1.82) is 0 Å². The standard InChI is InChI=1S/C20H15Cl2NO2/c1-12-17(13(2)24)8-9-19(23-12)14-3-6-16(7-4-14)25-20-10-5-15(21)11-18(20)22/h3-11H,1-2H3. The summed E-state index contributed by atoms with van der Waals surface area (Å²) in [4.78, 5) is 16.0. The summed E-state index contributed by atoms with van der Waals surface area (Å²) in [6.45, 7) is 3.37. The van der Waals surface area contributed by atoms with Crippen molar-refractivity contribution in [3.8, 4) is 22.8 Å². The van der Waals surface area contributed by atoms with Crippen LogP contribution in [0.25, 0.3) is 11.3 Å². The van der Waals surface area contributed by atoms with Crippen molar-refractivity contribution in [2.24, 2.45) is 0 Å². The minimum atomic E-state index is 0.0140. The number of ketones is 1. The van der Waals surface area contributed by atoms with E-state index in [1.807, 2.05) is 37.3 Å². The molecule has 0 bridgehead atoms. The lowest BCUT2D eigenvalue weighted by atomic mass is 10.1. The first-order valence-corrected chi connectivity index (χ1v) is 8.41. The van der Waals surface area contributed by atoms with Crippen LogP contribution in [0.4, 0.5) is 0 Å². The number of Topliss-reactive ketones (excluding diaryl/α,β-unsaturated/α-hetero) is 1. The minimum Gasteiger partial charge on any atom is -0.456 e. The quantitative estimate of drug-likeness (QED) is 0.500. The van der Waals surface area contributed by atoms with Gasteiger partial charge in [-0.1, -0.05) is 23.2 Å². The molecule has 3 rings (SSSR count). The molecule has 25 heavy (non-hydrogen) atoms. The Bertz CT molecular complexity index is 937. The number of rotatable bonds is 4. The Morgan fingerprint density at radius 2 is 1.72 bits per heavy atom. The zero-order chi connectivity index (χ0) is 18.0. The molecule has 0 spiro atoms. The number of halogens is 2. The predicted octanol–water partition coefficient (Wildman–Crippen LogP) is 6.36. The summed E-state index contributed by atoms with van der Waals surface area (Å²) in [5, 5.41) is 1.01. The van der Waals surface area contributed by atoms with E-state index in [1.165, 1.54) is 6.92 Å². The van der Waals surface area contributed by atoms with Crippen LogP contribution < -0.4 is 4.74 Å². The molecule has 1 aromatic heterocycles. The summed E-state index contributed by atoms with van der Waals surface area (Å²) >= 11 is 12.0. The third-order valence-corrected chi connectivity index (χ3v) is 4.27. The van der Waals surface area contributed by atoms with Crippen molar-refractivity contribution in [2.75, 3.05) is 0 Å². The van der Waals surface area contributed by atoms with Crippen LogP contribution in [-0.4, -0.2) is 10.8 Å². The van der Waals surface area contributed by atoms with Crippen molar-refractivity contribution in [1.82, 2.24) is 4.98 Å². The summed E-state index contributed by atoms with van der Waals surface area (Å²) in [6.07, 6.45) is 0. The molecule has 0 amide bonds. The summed E-state index contributed by atoms with van der Waals surface area (Å²) in [5.74, 6) is 1.21. The monoisotopic (exact) mass is 371 g/mol. The van der Waals surface area contributed by atoms with Crippen LogP contribution in [0.2, 0.25) is 10.0 Å². The Morgan fingerprint density at radius 3 is 2.32 bits per heavy atom. The van der Waals surface area contributed by atoms with E-state index in [0.29, 0.717) is 27.1 Å². The molecule has 3 aromatic rings. The zero-order valence-electron chi connectivity index (χ0n) is 13.7. The Labute approximate surface area is 156 Å². The second-order valence-corrected chi connectivity index (χ2v) is 6.43. The van der Waals surface area contributed by atoms with Crippen LogP contribution >= 0.6 is 23.2 Å². The fourth-order valence-corrected chi connectivity index (χ4v) is 2.92. The first-order chi connectivity index (χ1) is 11.9. The van der Waals surface area contributed by atoms with Gasteiger partial charge in [0.25, 0.3) is 0 Å². The molecule has 5 heteroatoms. The van der Waals surface area contributed by atoms with Crippen LogP contribution in [0.3, 0.4) is 0 Å². The molecule has 0 saturated carbocycles. The van der Waals surface area contributed by atoms with Crippen LogP contribution in [0.15, 0.2) is 54.6 Å². The first-order valence-electron chi connectivity index (χ1n) is 7.66. The van der Waals surface area contributed by atoms with E-state index in [9.17, 15) is 4.79 Å². The highest BCUT2D eigenvalue weighted by atomic mass is 35.5. The summed E-state index contributed by atoms with van der Waals surface area (Å²) in [6, 6.07) is 16.2. The fraction of sp³-hybridized carbons (Fsp3) is 0.100. The second-order valence-electron chi connectivity index (χ2n) is 5.59. The summed E-state index contributed by atoms with van der Waals surface area (Å²) < 4.78 is 5.77. The van der Waals surface area contributed by atoms with Gasteiger partial charge in [0.05, 0.1) is 10.7 Å². The number of benzene rings is 2. The molecule has 0 aliphatic heterocycles. The summed E-state index contributed by atoms with van der Waals surface area (Å²) in [7, 11) is 0. The molecular formula is C20H15Cl2NO2. The molecule has 0 aliphatic rings. The van der Waals surface area contributed by atoms with E-state index in [2.05, 4.69) is 4.98 Å². The van der Waals surface area contributed by atoms with Gasteiger partial charge in [0, 0.05) is 21.8 Å². The van der Waals surface area contributed by atoms with E-state index >= 15 is 0 Å². The highest BCUT2D eigenvalue weighted by Crippen LogP contribution is 2.32. The highest BCUT2D eigenvalue weighted by molar-refractivity contribution is 6.35. The number of nitrogens with zero attached hydrogens (tertiary/aromatic N) is 1. The van der Waals surface area contributed by atoms with Crippen molar-refractivity contribution in [3.05, 3.63) is 75.9 Å². The van der Waals surface area contributed by atoms with E-state index < -0.39 is 0 Å². The van der Waals surface area contributed by atoms with Gasteiger partial charge >= 0.3 is 0 Å². The number of carbonyl (C=O) groups excluding carboxylic acids is 1. The predicted molar refractivity (Wildman–Crippen MR) is 101 cm³/mol. The van der Waals surface area contributed by atoms with Gasteiger partial charge in [0.2, 0.25) is 0 Å². The molecule has 0 saturated heterocycles. The number of hydrogen-bond acceptors (Lipinski definition) is 3. The van der Waals surface area contributed by atoms with E-state index in [4.69, 9.17) is 27.9 Å². The molecule has 1 heterocycles. The molecule has 0 fully saturated rings. The fourth-order valence-electron chi connectivity index (χ4n) is 2.47. The molecule has 126 valence electrons. The van der Waals surface area contributed by atoms with Gasteiger partial charge < -0.3 is 4.74 Å². The number of carbonyl (C=O) groups is 1. The Hall–Kier alpha value is -2.36. The van der Waals surface area contributed by atoms with Crippen molar-refractivity contribution >= 4 is 29.0 Å². The minimum absolute atomic E-state index is 0.0140. The first kappa shape index (κ1) is 17.5. The molecular weight excluding hydrogens is 357 g/mol. The molecule has 0 atom stereocenters. The average molecular weight is 372 g/mol. The van der Waals surface area contributed by atoms with Crippen LogP contribution in [0.5, 0.6) is 11.5 Å². The number of aromatic nitrogens is 1. The van der Waals surface area contributed by atoms with E-state index in [-0.39, 0.29) is 5.78 Å². The molecule has 0 radical (unpaired) electrons. The molecule has 0 unspecified atom stereocenters. The van der Waals surface area contributed by atoms with Gasteiger partial charge in [-0.25, -0.2) is 0 Å². The third kappa shape index (κ3) is 4.01. The molecule has 0 aliphatic carbocycles. The molecule has 3 nitrogen and oxygen atoms in total. The topological polar surface area (TPSA) is 39.2 Å². The molecule has 2 aromatic carbocycles. The normalized spacial score (nSPS) is 10.6. The Morgan fingerprint density at radius 1 is 1.00 bits per heavy atom. The van der Waals surface area contributed by atoms with Gasteiger partial charge in [-0.3, -0.25) is 9.78 Å². The van der Waals surface area contributed by atoms with Crippen molar-refractivity contribution in [3.63, 3.8) is 0 Å². The van der Waals surface area contributed by atoms with Gasteiger partial charge in [-0.15, -0.1) is 0 Å². The second kappa shape index (κ2) is 7.26. The van der Waals surface area contributed by atoms with E-state index in [0.717, 1.165) is 17.0 Å². The highest BCUT2D eigenvalue weighted by Gasteiger charge is 2.08. The molecule has 0 N–H and O–H groups in total. The van der Waals surface area contributed by atoms with Gasteiger partial charge in [-0.05, 0) is 68.4 Å². The van der Waals surface area contributed by atoms with Gasteiger partial charge in [0.1, 0.15) is 11.5 Å². The zero-order valence-corrected chi connectivity index (χ0v) is 15.2. The lowest BCUT2D eigenvalue weighted by Gasteiger charge is -2.09. The SMILES string of the molecule is CC(=O)c1ccc(-c2ccc(Oc3ccc(Cl)cc3Cl)cc2)nc1C. The van der Waals surface area contributed by atoms with E-state index in [1.54, 1.807) is 24.3 Å². The van der Waals surface area contributed by atoms with Gasteiger partial charge in [-0.2, -0.15) is 0 Å². The largest absolute Gasteiger partial charge is 0.456 e. The number of hydrogen-bond donors (Lipinski definition) is 0. The van der Waals surface area contributed by atoms with Crippen LogP contribution in [-0.2, 0) is 0 Å². The maximum absolute atomic E-state index is 11.5. The number of aryl methyl sites for hydroxylation is 1. The smallest absolute Gasteiger partial charge is 0.161 e. The lowest BCUT2D eigenvalue weighted by molar-refractivity contribution is 0.101. The average Bonchev–Trinajstić information content (AvgIpc) is 2.57. The maximum atomic E-state index is 11.5. The number of ether oxygens (including phenoxy) is 1. The maximum Gasteiger partial charge on any atom is 0.161 e. The van der Waals surface area contributed by atoms with Crippen LogP contribution in [0, 0.1) is 6.92 Å².